The lowest BCUT2D eigenvalue weighted by Crippen LogP contribution is -2.40. The summed E-state index contributed by atoms with van der Waals surface area (Å²) in [5.74, 6) is 2.47. The zero-order chi connectivity index (χ0) is 14.9. The number of benzene rings is 1. The Bertz CT molecular complexity index is 402. The van der Waals surface area contributed by atoms with E-state index in [4.69, 9.17) is 9.47 Å². The van der Waals surface area contributed by atoms with E-state index in [9.17, 15) is 0 Å². The van der Waals surface area contributed by atoms with Gasteiger partial charge >= 0.3 is 0 Å². The molecule has 0 amide bonds. The van der Waals surface area contributed by atoms with E-state index in [-0.39, 0.29) is 0 Å². The Hall–Kier alpha value is -1.22. The second-order valence-corrected chi connectivity index (χ2v) is 5.80. The Morgan fingerprint density at radius 3 is 2.38 bits per heavy atom. The summed E-state index contributed by atoms with van der Waals surface area (Å²) in [6.07, 6.45) is 6.56. The number of hydrogen-bond acceptors (Lipinski definition) is 3. The van der Waals surface area contributed by atoms with Crippen LogP contribution in [-0.4, -0.2) is 25.8 Å². The molecule has 1 fully saturated rings. The highest BCUT2D eigenvalue weighted by molar-refractivity contribution is 5.39. The molecule has 0 aliphatic heterocycles. The summed E-state index contributed by atoms with van der Waals surface area (Å²) in [7, 11) is 0. The molecule has 3 nitrogen and oxygen atoms in total. The quantitative estimate of drug-likeness (QED) is 0.745. The highest BCUT2D eigenvalue weighted by Gasteiger charge is 2.25. The van der Waals surface area contributed by atoms with E-state index in [1.165, 1.54) is 32.1 Å². The molecule has 0 spiro atoms. The molecule has 0 radical (unpaired) electrons. The van der Waals surface area contributed by atoms with Crippen LogP contribution in [0, 0.1) is 5.92 Å². The van der Waals surface area contributed by atoms with Crippen molar-refractivity contribution in [2.75, 3.05) is 19.8 Å². The van der Waals surface area contributed by atoms with Crippen LogP contribution in [0.3, 0.4) is 0 Å². The molecule has 118 valence electrons. The molecule has 0 saturated heterocycles. The zero-order valence-electron chi connectivity index (χ0n) is 13.4. The minimum atomic E-state index is 0.460. The number of ether oxygens (including phenoxy) is 2. The van der Waals surface area contributed by atoms with Crippen molar-refractivity contribution in [1.82, 2.24) is 5.32 Å². The maximum Gasteiger partial charge on any atom is 0.161 e. The minimum absolute atomic E-state index is 0.460. The Kier molecular flexibility index (Phi) is 6.87. The molecule has 1 aromatic carbocycles. The second-order valence-electron chi connectivity index (χ2n) is 5.80. The van der Waals surface area contributed by atoms with Gasteiger partial charge in [-0.25, -0.2) is 0 Å². The fourth-order valence-electron chi connectivity index (χ4n) is 3.07. The van der Waals surface area contributed by atoms with Gasteiger partial charge in [-0.3, -0.25) is 0 Å². The second kappa shape index (κ2) is 8.93. The third-order valence-corrected chi connectivity index (χ3v) is 4.19. The SMILES string of the molecule is CCCNC(COc1ccccc1OCC)C1CCCC1. The van der Waals surface area contributed by atoms with E-state index < -0.39 is 0 Å². The predicted octanol–water partition coefficient (Wildman–Crippen LogP) is 4.02. The third-order valence-electron chi connectivity index (χ3n) is 4.19. The van der Waals surface area contributed by atoms with Crippen LogP contribution in [-0.2, 0) is 0 Å². The van der Waals surface area contributed by atoms with Crippen LogP contribution >= 0.6 is 0 Å². The highest BCUT2D eigenvalue weighted by atomic mass is 16.5. The van der Waals surface area contributed by atoms with Crippen molar-refractivity contribution in [3.63, 3.8) is 0 Å². The van der Waals surface area contributed by atoms with E-state index in [2.05, 4.69) is 12.2 Å². The molecule has 1 unspecified atom stereocenters. The highest BCUT2D eigenvalue weighted by Crippen LogP contribution is 2.30. The fourth-order valence-corrected chi connectivity index (χ4v) is 3.07. The summed E-state index contributed by atoms with van der Waals surface area (Å²) in [6, 6.07) is 8.42. The molecule has 0 bridgehead atoms. The molecular weight excluding hydrogens is 262 g/mol. The first kappa shape index (κ1) is 16.2. The van der Waals surface area contributed by atoms with Gasteiger partial charge in [-0.2, -0.15) is 0 Å². The van der Waals surface area contributed by atoms with E-state index >= 15 is 0 Å². The van der Waals surface area contributed by atoms with Crippen LogP contribution in [0.1, 0.15) is 46.0 Å². The first-order valence-corrected chi connectivity index (χ1v) is 8.43. The molecule has 0 aromatic heterocycles. The van der Waals surface area contributed by atoms with Crippen molar-refractivity contribution in [2.24, 2.45) is 5.92 Å². The van der Waals surface area contributed by atoms with Crippen molar-refractivity contribution in [3.05, 3.63) is 24.3 Å². The maximum absolute atomic E-state index is 6.07. The third kappa shape index (κ3) is 4.92. The largest absolute Gasteiger partial charge is 0.490 e. The van der Waals surface area contributed by atoms with Gasteiger partial charge in [-0.15, -0.1) is 0 Å². The summed E-state index contributed by atoms with van der Waals surface area (Å²) in [6.45, 7) is 6.68. The summed E-state index contributed by atoms with van der Waals surface area (Å²) in [5.41, 5.74) is 0. The standard InChI is InChI=1S/C18H29NO2/c1-3-13-19-16(15-9-5-6-10-15)14-21-18-12-8-7-11-17(18)20-4-2/h7-8,11-12,15-16,19H,3-6,9-10,13-14H2,1-2H3. The van der Waals surface area contributed by atoms with Crippen LogP contribution in [0.4, 0.5) is 0 Å². The van der Waals surface area contributed by atoms with Crippen molar-refractivity contribution < 1.29 is 9.47 Å². The molecule has 1 aliphatic rings. The van der Waals surface area contributed by atoms with E-state index in [0.29, 0.717) is 12.6 Å². The van der Waals surface area contributed by atoms with Gasteiger partial charge in [0.15, 0.2) is 11.5 Å². The van der Waals surface area contributed by atoms with Crippen molar-refractivity contribution in [3.8, 4) is 11.5 Å². The molecule has 21 heavy (non-hydrogen) atoms. The molecule has 3 heteroatoms. The Balaban J connectivity index is 1.93. The van der Waals surface area contributed by atoms with Gasteiger partial charge in [-0.05, 0) is 50.8 Å². The van der Waals surface area contributed by atoms with Crippen LogP contribution < -0.4 is 14.8 Å². The first-order valence-electron chi connectivity index (χ1n) is 8.43. The molecular formula is C18H29NO2. The zero-order valence-corrected chi connectivity index (χ0v) is 13.4. The van der Waals surface area contributed by atoms with Crippen molar-refractivity contribution in [1.29, 1.82) is 0 Å². The van der Waals surface area contributed by atoms with Crippen LogP contribution in [0.15, 0.2) is 24.3 Å². The molecule has 1 atom stereocenters. The normalized spacial score (nSPS) is 16.9. The van der Waals surface area contributed by atoms with Crippen molar-refractivity contribution in [2.45, 2.75) is 52.0 Å². The summed E-state index contributed by atoms with van der Waals surface area (Å²) in [4.78, 5) is 0. The molecule has 2 rings (SSSR count). The maximum atomic E-state index is 6.07. The first-order chi connectivity index (χ1) is 10.3. The van der Waals surface area contributed by atoms with Gasteiger partial charge in [0.05, 0.1) is 6.61 Å². The average Bonchev–Trinajstić information content (AvgIpc) is 3.03. The van der Waals surface area contributed by atoms with Gasteiger partial charge < -0.3 is 14.8 Å². The van der Waals surface area contributed by atoms with E-state index in [1.807, 2.05) is 31.2 Å². The van der Waals surface area contributed by atoms with Crippen LogP contribution in [0.2, 0.25) is 0 Å². The lowest BCUT2D eigenvalue weighted by Gasteiger charge is -2.25. The van der Waals surface area contributed by atoms with Crippen molar-refractivity contribution >= 4 is 0 Å². The molecule has 1 aromatic rings. The van der Waals surface area contributed by atoms with Crippen LogP contribution in [0.25, 0.3) is 0 Å². The molecule has 1 N–H and O–H groups in total. The van der Waals surface area contributed by atoms with Gasteiger partial charge in [-0.1, -0.05) is 31.9 Å². The number of nitrogens with one attached hydrogen (secondary N) is 1. The van der Waals surface area contributed by atoms with Gasteiger partial charge in [0.2, 0.25) is 0 Å². The lowest BCUT2D eigenvalue weighted by atomic mass is 9.98. The van der Waals surface area contributed by atoms with Gasteiger partial charge in [0.1, 0.15) is 6.61 Å². The number of hydrogen-bond donors (Lipinski definition) is 1. The molecule has 1 aliphatic carbocycles. The molecule has 0 heterocycles. The van der Waals surface area contributed by atoms with Gasteiger partial charge in [0, 0.05) is 6.04 Å². The Morgan fingerprint density at radius 1 is 1.10 bits per heavy atom. The minimum Gasteiger partial charge on any atom is -0.490 e. The number of rotatable bonds is 9. The monoisotopic (exact) mass is 291 g/mol. The summed E-state index contributed by atoms with van der Waals surface area (Å²) < 4.78 is 11.7. The van der Waals surface area contributed by atoms with E-state index in [1.54, 1.807) is 0 Å². The summed E-state index contributed by atoms with van der Waals surface area (Å²) in [5, 5.41) is 3.67. The van der Waals surface area contributed by atoms with Crippen LogP contribution in [0.5, 0.6) is 11.5 Å². The Morgan fingerprint density at radius 2 is 1.76 bits per heavy atom. The van der Waals surface area contributed by atoms with Gasteiger partial charge in [0.25, 0.3) is 0 Å². The predicted molar refractivity (Wildman–Crippen MR) is 87.1 cm³/mol. The fraction of sp³-hybridized carbons (Fsp3) is 0.667. The smallest absolute Gasteiger partial charge is 0.161 e. The average molecular weight is 291 g/mol. The number of para-hydroxylation sites is 2. The van der Waals surface area contributed by atoms with E-state index in [0.717, 1.165) is 30.6 Å². The Labute approximate surface area is 129 Å². The lowest BCUT2D eigenvalue weighted by molar-refractivity contribution is 0.207. The summed E-state index contributed by atoms with van der Waals surface area (Å²) >= 11 is 0. The molecule has 1 saturated carbocycles. The topological polar surface area (TPSA) is 30.5 Å².